The molecule has 2 aliphatic rings. The molecule has 9 nitrogen and oxygen atoms in total. The van der Waals surface area contributed by atoms with E-state index in [-0.39, 0.29) is 17.9 Å². The van der Waals surface area contributed by atoms with Crippen LogP contribution in [0, 0.1) is 11.3 Å². The van der Waals surface area contributed by atoms with Crippen molar-refractivity contribution in [2.45, 2.75) is 83.2 Å². The maximum atomic E-state index is 14.0. The van der Waals surface area contributed by atoms with Gasteiger partial charge in [-0.1, -0.05) is 56.5 Å². The van der Waals surface area contributed by atoms with Crippen molar-refractivity contribution in [2.24, 2.45) is 18.4 Å². The van der Waals surface area contributed by atoms with Crippen molar-refractivity contribution in [2.75, 3.05) is 13.1 Å². The second-order valence-electron chi connectivity index (χ2n) is 11.2. The second-order valence-corrected chi connectivity index (χ2v) is 11.2. The number of carbonyl (C=O) groups is 3. The van der Waals surface area contributed by atoms with Gasteiger partial charge in [0, 0.05) is 50.9 Å². The molecule has 1 aromatic carbocycles. The van der Waals surface area contributed by atoms with Gasteiger partial charge in [-0.15, -0.1) is 0 Å². The minimum Gasteiger partial charge on any atom is -0.481 e. The van der Waals surface area contributed by atoms with Crippen LogP contribution >= 0.6 is 0 Å². The summed E-state index contributed by atoms with van der Waals surface area (Å²) in [6.45, 7) is 2.84. The Morgan fingerprint density at radius 3 is 2.54 bits per heavy atom. The fourth-order valence-corrected chi connectivity index (χ4v) is 6.57. The number of aromatic nitrogens is 2. The predicted octanol–water partition coefficient (Wildman–Crippen LogP) is 3.93. The summed E-state index contributed by atoms with van der Waals surface area (Å²) >= 11 is 0. The van der Waals surface area contributed by atoms with Crippen LogP contribution in [0.15, 0.2) is 42.9 Å². The number of aryl methyl sites for hydroxylation is 1. The molecule has 2 aromatic rings. The van der Waals surface area contributed by atoms with Crippen LogP contribution in [0.25, 0.3) is 0 Å². The monoisotopic (exact) mass is 537 g/mol. The third-order valence-corrected chi connectivity index (χ3v) is 8.88. The van der Waals surface area contributed by atoms with Crippen molar-refractivity contribution in [1.29, 1.82) is 0 Å². The van der Waals surface area contributed by atoms with Crippen molar-refractivity contribution in [1.82, 2.24) is 25.1 Å². The number of carbonyl (C=O) groups excluding carboxylic acids is 2. The molecule has 1 aromatic heterocycles. The molecule has 1 aliphatic heterocycles. The van der Waals surface area contributed by atoms with Gasteiger partial charge < -0.3 is 25.2 Å². The number of rotatable bonds is 10. The zero-order valence-electron chi connectivity index (χ0n) is 23.3. The lowest BCUT2D eigenvalue weighted by Gasteiger charge is -2.49. The number of aliphatic carboxylic acids is 1. The highest BCUT2D eigenvalue weighted by atomic mass is 16.4. The van der Waals surface area contributed by atoms with E-state index in [9.17, 15) is 19.5 Å². The van der Waals surface area contributed by atoms with E-state index in [1.54, 1.807) is 12.5 Å². The maximum Gasteiger partial charge on any atom is 0.315 e. The molecule has 0 spiro atoms. The van der Waals surface area contributed by atoms with Crippen LogP contribution in [0.4, 0.5) is 4.79 Å². The standard InChI is InChI=1S/C30H43N5O4/c1-3-24-19-30(28(37)38,23-12-8-5-9-13-23)15-17-35(24)27(36)26(18-22-10-6-4-7-11-22)33-29(39)32-16-14-25-20-31-21-34(25)2/h4,6-7,10-11,20-21,23-24,26H,3,5,8-9,12-19H2,1-2H3,(H,37,38)(H2,32,33,39)/t24?,26-,30?/m1/s1. The topological polar surface area (TPSA) is 117 Å². The molecule has 9 heteroatoms. The zero-order chi connectivity index (χ0) is 27.8. The summed E-state index contributed by atoms with van der Waals surface area (Å²) in [5, 5.41) is 16.2. The highest BCUT2D eigenvalue weighted by Gasteiger charge is 2.51. The van der Waals surface area contributed by atoms with E-state index in [0.29, 0.717) is 45.2 Å². The van der Waals surface area contributed by atoms with Gasteiger partial charge in [-0.25, -0.2) is 9.78 Å². The van der Waals surface area contributed by atoms with Crippen molar-refractivity contribution in [3.05, 3.63) is 54.1 Å². The molecule has 1 saturated heterocycles. The maximum absolute atomic E-state index is 14.0. The molecule has 2 fully saturated rings. The molecular weight excluding hydrogens is 494 g/mol. The van der Waals surface area contributed by atoms with E-state index >= 15 is 0 Å². The number of urea groups is 1. The smallest absolute Gasteiger partial charge is 0.315 e. The lowest BCUT2D eigenvalue weighted by atomic mass is 9.62. The van der Waals surface area contributed by atoms with Crippen LogP contribution in [-0.2, 0) is 29.5 Å². The molecule has 4 rings (SSSR count). The predicted molar refractivity (Wildman–Crippen MR) is 149 cm³/mol. The number of piperidine rings is 1. The molecule has 3 atom stereocenters. The van der Waals surface area contributed by atoms with Crippen LogP contribution in [0.3, 0.4) is 0 Å². The van der Waals surface area contributed by atoms with E-state index in [4.69, 9.17) is 0 Å². The lowest BCUT2D eigenvalue weighted by molar-refractivity contribution is -0.163. The van der Waals surface area contributed by atoms with Gasteiger partial charge in [-0.2, -0.15) is 0 Å². The van der Waals surface area contributed by atoms with Crippen molar-refractivity contribution >= 4 is 17.9 Å². The first-order valence-electron chi connectivity index (χ1n) is 14.4. The fraction of sp³-hybridized carbons (Fsp3) is 0.600. The van der Waals surface area contributed by atoms with Gasteiger partial charge in [0.2, 0.25) is 5.91 Å². The van der Waals surface area contributed by atoms with Crippen molar-refractivity contribution in [3.8, 4) is 0 Å². The summed E-state index contributed by atoms with van der Waals surface area (Å²) in [7, 11) is 1.91. The average Bonchev–Trinajstić information content (AvgIpc) is 3.37. The molecule has 2 heterocycles. The van der Waals surface area contributed by atoms with E-state index in [0.717, 1.165) is 36.9 Å². The fourth-order valence-electron chi connectivity index (χ4n) is 6.57. The molecule has 3 amide bonds. The molecule has 0 radical (unpaired) electrons. The summed E-state index contributed by atoms with van der Waals surface area (Å²) in [5.41, 5.74) is 1.19. The number of amides is 3. The normalized spacial score (nSPS) is 22.7. The largest absolute Gasteiger partial charge is 0.481 e. The van der Waals surface area contributed by atoms with E-state index < -0.39 is 23.5 Å². The number of carboxylic acids is 1. The molecule has 3 N–H and O–H groups in total. The lowest BCUT2D eigenvalue weighted by Crippen LogP contribution is -2.59. The molecule has 1 saturated carbocycles. The van der Waals surface area contributed by atoms with Crippen LogP contribution in [0.1, 0.15) is 69.5 Å². The minimum atomic E-state index is -0.774. The summed E-state index contributed by atoms with van der Waals surface area (Å²) in [6.07, 6.45) is 11.4. The Balaban J connectivity index is 1.46. The van der Waals surface area contributed by atoms with Gasteiger partial charge in [-0.05, 0) is 43.6 Å². The van der Waals surface area contributed by atoms with Crippen LogP contribution in [0.2, 0.25) is 0 Å². The number of hydrogen-bond donors (Lipinski definition) is 3. The SMILES string of the molecule is CCC1CC(C(=O)O)(C2CCCCC2)CCN1C(=O)[C@@H](Cc1ccccc1)NC(=O)NCCc1cncn1C. The molecule has 39 heavy (non-hydrogen) atoms. The number of nitrogens with zero attached hydrogens (tertiary/aromatic N) is 3. The quantitative estimate of drug-likeness (QED) is 0.425. The number of benzene rings is 1. The van der Waals surface area contributed by atoms with Crippen LogP contribution in [0.5, 0.6) is 0 Å². The highest BCUT2D eigenvalue weighted by Crippen LogP contribution is 2.48. The number of hydrogen-bond acceptors (Lipinski definition) is 4. The van der Waals surface area contributed by atoms with Gasteiger partial charge in [-0.3, -0.25) is 9.59 Å². The van der Waals surface area contributed by atoms with Gasteiger partial charge >= 0.3 is 12.0 Å². The van der Waals surface area contributed by atoms with E-state index in [2.05, 4.69) is 15.6 Å². The first-order valence-corrected chi connectivity index (χ1v) is 14.4. The minimum absolute atomic E-state index is 0.143. The summed E-state index contributed by atoms with van der Waals surface area (Å²) in [6, 6.07) is 8.37. The van der Waals surface area contributed by atoms with Crippen molar-refractivity contribution in [3.63, 3.8) is 0 Å². The number of carboxylic acid groups (broad SMARTS) is 1. The molecular formula is C30H43N5O4. The molecule has 1 aliphatic carbocycles. The zero-order valence-corrected chi connectivity index (χ0v) is 23.3. The van der Waals surface area contributed by atoms with Gasteiger partial charge in [0.1, 0.15) is 6.04 Å². The highest BCUT2D eigenvalue weighted by molar-refractivity contribution is 5.88. The Hall–Kier alpha value is -3.36. The summed E-state index contributed by atoms with van der Waals surface area (Å²) in [4.78, 5) is 45.5. The third-order valence-electron chi connectivity index (χ3n) is 8.88. The molecule has 0 bridgehead atoms. The van der Waals surface area contributed by atoms with Crippen LogP contribution in [-0.4, -0.2) is 62.6 Å². The molecule has 2 unspecified atom stereocenters. The number of imidazole rings is 1. The molecule has 212 valence electrons. The first-order chi connectivity index (χ1) is 18.8. The van der Waals surface area contributed by atoms with Gasteiger partial charge in [0.15, 0.2) is 0 Å². The number of likely N-dealkylation sites (tertiary alicyclic amines) is 1. The Morgan fingerprint density at radius 1 is 1.15 bits per heavy atom. The number of nitrogens with one attached hydrogen (secondary N) is 2. The van der Waals surface area contributed by atoms with Gasteiger partial charge in [0.25, 0.3) is 0 Å². The summed E-state index contributed by atoms with van der Waals surface area (Å²) < 4.78 is 1.91. The van der Waals surface area contributed by atoms with E-state index in [1.165, 1.54) is 6.42 Å². The van der Waals surface area contributed by atoms with Crippen LogP contribution < -0.4 is 10.6 Å². The Labute approximate surface area is 231 Å². The van der Waals surface area contributed by atoms with Gasteiger partial charge in [0.05, 0.1) is 11.7 Å². The third kappa shape index (κ3) is 6.81. The summed E-state index contributed by atoms with van der Waals surface area (Å²) in [5.74, 6) is -0.694. The Morgan fingerprint density at radius 2 is 1.90 bits per heavy atom. The Kier molecular flexibility index (Phi) is 9.64. The van der Waals surface area contributed by atoms with E-state index in [1.807, 2.05) is 53.8 Å². The average molecular weight is 538 g/mol. The second kappa shape index (κ2) is 13.1. The Bertz CT molecular complexity index is 1110. The van der Waals surface area contributed by atoms with Crippen molar-refractivity contribution < 1.29 is 19.5 Å². The first kappa shape index (κ1) is 28.6.